The predicted octanol–water partition coefficient (Wildman–Crippen LogP) is 1.56. The van der Waals surface area contributed by atoms with E-state index >= 15 is 0 Å². The zero-order valence-corrected chi connectivity index (χ0v) is 13.8. The van der Waals surface area contributed by atoms with E-state index < -0.39 is 24.0 Å². The molecule has 0 heterocycles. The van der Waals surface area contributed by atoms with E-state index in [2.05, 4.69) is 0 Å². The van der Waals surface area contributed by atoms with Gasteiger partial charge in [0.2, 0.25) is 0 Å². The van der Waals surface area contributed by atoms with Crippen molar-refractivity contribution in [1.29, 1.82) is 0 Å². The van der Waals surface area contributed by atoms with Crippen LogP contribution >= 0.6 is 0 Å². The largest absolute Gasteiger partial charge is 0.480 e. The molecule has 0 spiro atoms. The molecule has 2 atom stereocenters. The van der Waals surface area contributed by atoms with E-state index in [1.54, 1.807) is 6.07 Å². The van der Waals surface area contributed by atoms with E-state index in [4.69, 9.17) is 21.7 Å². The number of nitrogens with two attached hydrogens (primary N) is 2. The number of carbonyl (C=O) groups is 2. The minimum absolute atomic E-state index is 0.146. The maximum absolute atomic E-state index is 12.6. The van der Waals surface area contributed by atoms with Crippen LogP contribution < -0.4 is 11.5 Å². The SMILES string of the molecule is NC(Cc1ccc(F)cc1)C(=O)O.NC(Cc1cccc(F)c1)C(=O)O. The zero-order valence-electron chi connectivity index (χ0n) is 13.8. The van der Waals surface area contributed by atoms with Gasteiger partial charge in [0, 0.05) is 0 Å². The number of aliphatic carboxylic acids is 2. The van der Waals surface area contributed by atoms with Crippen LogP contribution in [0.25, 0.3) is 0 Å². The summed E-state index contributed by atoms with van der Waals surface area (Å²) in [5.41, 5.74) is 11.9. The standard InChI is InChI=1S/2C9H10FNO2/c10-7-3-1-6(2-4-7)5-8(11)9(12)13;10-7-3-1-2-6(4-7)5-8(11)9(12)13/h2*1-4,8H,5,11H2,(H,12,13). The van der Waals surface area contributed by atoms with Gasteiger partial charge in [-0.2, -0.15) is 0 Å². The molecule has 0 saturated heterocycles. The molecule has 6 nitrogen and oxygen atoms in total. The fourth-order valence-corrected chi connectivity index (χ4v) is 1.97. The maximum Gasteiger partial charge on any atom is 0.320 e. The first kappa shape index (κ1) is 21.2. The summed E-state index contributed by atoms with van der Waals surface area (Å²) in [5, 5.41) is 17.0. The van der Waals surface area contributed by atoms with Crippen molar-refractivity contribution in [2.75, 3.05) is 0 Å². The lowest BCUT2D eigenvalue weighted by atomic mass is 10.1. The van der Waals surface area contributed by atoms with Crippen LogP contribution in [0.3, 0.4) is 0 Å². The molecule has 0 aliphatic heterocycles. The minimum Gasteiger partial charge on any atom is -0.480 e. The van der Waals surface area contributed by atoms with Crippen molar-refractivity contribution >= 4 is 11.9 Å². The molecule has 2 rings (SSSR count). The second kappa shape index (κ2) is 10.2. The third-order valence-electron chi connectivity index (χ3n) is 3.35. The maximum atomic E-state index is 12.6. The fourth-order valence-electron chi connectivity index (χ4n) is 1.97. The van der Waals surface area contributed by atoms with Gasteiger partial charge in [-0.15, -0.1) is 0 Å². The Labute approximate surface area is 149 Å². The molecular formula is C18H20F2N2O4. The molecule has 0 fully saturated rings. The highest BCUT2D eigenvalue weighted by molar-refractivity contribution is 5.73. The molecule has 0 aliphatic rings. The Morgan fingerprint density at radius 1 is 0.808 bits per heavy atom. The Morgan fingerprint density at radius 3 is 1.77 bits per heavy atom. The van der Waals surface area contributed by atoms with E-state index in [-0.39, 0.29) is 24.5 Å². The van der Waals surface area contributed by atoms with Crippen LogP contribution in [-0.4, -0.2) is 34.2 Å². The fraction of sp³-hybridized carbons (Fsp3) is 0.222. The van der Waals surface area contributed by atoms with Crippen LogP contribution in [0.15, 0.2) is 48.5 Å². The van der Waals surface area contributed by atoms with Crippen LogP contribution in [0.5, 0.6) is 0 Å². The van der Waals surface area contributed by atoms with Crippen LogP contribution in [0.2, 0.25) is 0 Å². The normalized spacial score (nSPS) is 12.5. The van der Waals surface area contributed by atoms with Gasteiger partial charge in [-0.25, -0.2) is 8.78 Å². The second-order valence-electron chi connectivity index (χ2n) is 5.55. The molecule has 0 amide bonds. The van der Waals surface area contributed by atoms with Crippen molar-refractivity contribution < 1.29 is 28.6 Å². The van der Waals surface area contributed by atoms with Gasteiger partial charge in [0.05, 0.1) is 0 Å². The summed E-state index contributed by atoms with van der Waals surface area (Å²) in [6.07, 6.45) is 0.364. The van der Waals surface area contributed by atoms with Crippen molar-refractivity contribution in [1.82, 2.24) is 0 Å². The quantitative estimate of drug-likeness (QED) is 0.614. The molecule has 2 aromatic rings. The van der Waals surface area contributed by atoms with Crippen LogP contribution in [0, 0.1) is 11.6 Å². The molecule has 26 heavy (non-hydrogen) atoms. The van der Waals surface area contributed by atoms with Gasteiger partial charge in [-0.05, 0) is 48.2 Å². The highest BCUT2D eigenvalue weighted by Gasteiger charge is 2.12. The molecule has 0 radical (unpaired) electrons. The number of carboxylic acids is 2. The number of rotatable bonds is 6. The molecule has 0 bridgehead atoms. The summed E-state index contributed by atoms with van der Waals surface area (Å²) in [4.78, 5) is 20.7. The smallest absolute Gasteiger partial charge is 0.320 e. The summed E-state index contributed by atoms with van der Waals surface area (Å²) < 4.78 is 25.1. The predicted molar refractivity (Wildman–Crippen MR) is 91.4 cm³/mol. The first-order chi connectivity index (χ1) is 12.2. The Hall–Kier alpha value is -2.84. The van der Waals surface area contributed by atoms with E-state index in [1.165, 1.54) is 42.5 Å². The third-order valence-corrected chi connectivity index (χ3v) is 3.35. The van der Waals surface area contributed by atoms with E-state index in [9.17, 15) is 18.4 Å². The van der Waals surface area contributed by atoms with E-state index in [0.717, 1.165) is 5.56 Å². The molecule has 0 aromatic heterocycles. The molecule has 8 heteroatoms. The number of carboxylic acid groups (broad SMARTS) is 2. The summed E-state index contributed by atoms with van der Waals surface area (Å²) in [6.45, 7) is 0. The highest BCUT2D eigenvalue weighted by atomic mass is 19.1. The number of benzene rings is 2. The molecule has 0 aliphatic carbocycles. The average Bonchev–Trinajstić information content (AvgIpc) is 2.57. The van der Waals surface area contributed by atoms with Crippen LogP contribution in [-0.2, 0) is 22.4 Å². The van der Waals surface area contributed by atoms with Gasteiger partial charge < -0.3 is 21.7 Å². The molecule has 2 unspecified atom stereocenters. The first-order valence-electron chi connectivity index (χ1n) is 7.64. The molecular weight excluding hydrogens is 346 g/mol. The van der Waals surface area contributed by atoms with E-state index in [0.29, 0.717) is 5.56 Å². The number of hydrogen-bond acceptors (Lipinski definition) is 4. The Balaban J connectivity index is 0.000000260. The van der Waals surface area contributed by atoms with Crippen molar-refractivity contribution in [3.05, 3.63) is 71.3 Å². The van der Waals surface area contributed by atoms with Crippen molar-refractivity contribution in [2.24, 2.45) is 11.5 Å². The monoisotopic (exact) mass is 366 g/mol. The van der Waals surface area contributed by atoms with Gasteiger partial charge in [-0.3, -0.25) is 9.59 Å². The molecule has 2 aromatic carbocycles. The van der Waals surface area contributed by atoms with Crippen molar-refractivity contribution in [2.45, 2.75) is 24.9 Å². The average molecular weight is 366 g/mol. The summed E-state index contributed by atoms with van der Waals surface area (Å²) in [6, 6.07) is 9.47. The lowest BCUT2D eigenvalue weighted by Crippen LogP contribution is -2.32. The Bertz CT molecular complexity index is 738. The topological polar surface area (TPSA) is 127 Å². The van der Waals surface area contributed by atoms with Gasteiger partial charge in [-0.1, -0.05) is 24.3 Å². The van der Waals surface area contributed by atoms with Gasteiger partial charge in [0.25, 0.3) is 0 Å². The van der Waals surface area contributed by atoms with Crippen molar-refractivity contribution in [3.63, 3.8) is 0 Å². The zero-order chi connectivity index (χ0) is 19.7. The number of halogens is 2. The highest BCUT2D eigenvalue weighted by Crippen LogP contribution is 2.06. The van der Waals surface area contributed by atoms with E-state index in [1.807, 2.05) is 0 Å². The first-order valence-corrected chi connectivity index (χ1v) is 7.64. The van der Waals surface area contributed by atoms with Crippen LogP contribution in [0.4, 0.5) is 8.78 Å². The van der Waals surface area contributed by atoms with Gasteiger partial charge in [0.1, 0.15) is 23.7 Å². The van der Waals surface area contributed by atoms with Crippen molar-refractivity contribution in [3.8, 4) is 0 Å². The minimum atomic E-state index is -1.08. The van der Waals surface area contributed by atoms with Gasteiger partial charge >= 0.3 is 11.9 Å². The summed E-state index contributed by atoms with van der Waals surface area (Å²) in [5.74, 6) is -2.85. The lowest BCUT2D eigenvalue weighted by molar-refractivity contribution is -0.139. The second-order valence-corrected chi connectivity index (χ2v) is 5.55. The third kappa shape index (κ3) is 7.82. The Kier molecular flexibility index (Phi) is 8.33. The molecule has 140 valence electrons. The van der Waals surface area contributed by atoms with Crippen LogP contribution in [0.1, 0.15) is 11.1 Å². The summed E-state index contributed by atoms with van der Waals surface area (Å²) in [7, 11) is 0. The lowest BCUT2D eigenvalue weighted by Gasteiger charge is -2.05. The summed E-state index contributed by atoms with van der Waals surface area (Å²) >= 11 is 0. The van der Waals surface area contributed by atoms with Gasteiger partial charge in [0.15, 0.2) is 0 Å². The Morgan fingerprint density at radius 2 is 1.31 bits per heavy atom. The molecule has 0 saturated carbocycles. The molecule has 6 N–H and O–H groups in total. The number of hydrogen-bond donors (Lipinski definition) is 4.